The second-order valence-corrected chi connectivity index (χ2v) is 7.21. The Morgan fingerprint density at radius 3 is 1.71 bits per heavy atom. The fraction of sp³-hybridized carbons (Fsp3) is 0.542. The van der Waals surface area contributed by atoms with E-state index in [-0.39, 0.29) is 31.6 Å². The fourth-order valence-electron chi connectivity index (χ4n) is 2.79. The van der Waals surface area contributed by atoms with Crippen LogP contribution in [0, 0.1) is 0 Å². The SMILES string of the molecule is O=C(NCCOCCOCCOCCOCCOCCN1C(=O)C=CC1=O)OCc1ccccc1. The molecule has 1 aromatic rings. The van der Waals surface area contributed by atoms with Gasteiger partial charge in [0.15, 0.2) is 0 Å². The van der Waals surface area contributed by atoms with Gasteiger partial charge in [0, 0.05) is 18.7 Å². The van der Waals surface area contributed by atoms with Crippen LogP contribution in [0.5, 0.6) is 0 Å². The minimum absolute atomic E-state index is 0.231. The maximum absolute atomic E-state index is 11.6. The molecule has 194 valence electrons. The number of imide groups is 1. The first-order valence-corrected chi connectivity index (χ1v) is 11.5. The summed E-state index contributed by atoms with van der Waals surface area (Å²) in [6.45, 7) is 4.85. The van der Waals surface area contributed by atoms with E-state index in [0.717, 1.165) is 10.5 Å². The number of amides is 3. The molecule has 1 aromatic carbocycles. The van der Waals surface area contributed by atoms with Crippen molar-refractivity contribution in [1.29, 1.82) is 0 Å². The third kappa shape index (κ3) is 13.6. The van der Waals surface area contributed by atoms with Crippen LogP contribution < -0.4 is 5.32 Å². The number of nitrogens with zero attached hydrogens (tertiary/aromatic N) is 1. The Labute approximate surface area is 205 Å². The summed E-state index contributed by atoms with van der Waals surface area (Å²) in [5.41, 5.74) is 0.931. The molecule has 1 aliphatic rings. The summed E-state index contributed by atoms with van der Waals surface area (Å²) in [6.07, 6.45) is 2.02. The molecule has 1 heterocycles. The number of benzene rings is 1. The zero-order valence-electron chi connectivity index (χ0n) is 19.9. The molecule has 1 aliphatic heterocycles. The minimum atomic E-state index is -0.479. The van der Waals surface area contributed by atoms with E-state index in [9.17, 15) is 14.4 Å². The molecule has 3 amide bonds. The van der Waals surface area contributed by atoms with Crippen LogP contribution in [0.4, 0.5) is 4.79 Å². The number of carbonyl (C=O) groups is 3. The zero-order valence-corrected chi connectivity index (χ0v) is 19.9. The molecule has 0 spiro atoms. The first-order valence-electron chi connectivity index (χ1n) is 11.5. The first kappa shape index (κ1) is 28.4. The van der Waals surface area contributed by atoms with E-state index < -0.39 is 6.09 Å². The molecule has 0 unspecified atom stereocenters. The predicted molar refractivity (Wildman–Crippen MR) is 125 cm³/mol. The maximum atomic E-state index is 11.6. The van der Waals surface area contributed by atoms with Crippen LogP contribution in [0.1, 0.15) is 5.56 Å². The summed E-state index contributed by atoms with van der Waals surface area (Å²) in [5.74, 6) is -0.621. The molecule has 0 saturated heterocycles. The lowest BCUT2D eigenvalue weighted by molar-refractivity contribution is -0.137. The van der Waals surface area contributed by atoms with Crippen molar-refractivity contribution in [3.63, 3.8) is 0 Å². The first-order chi connectivity index (χ1) is 17.2. The van der Waals surface area contributed by atoms with Gasteiger partial charge in [-0.1, -0.05) is 30.3 Å². The molecular weight excluding hydrogens is 460 g/mol. The molecule has 11 heteroatoms. The van der Waals surface area contributed by atoms with Crippen LogP contribution in [-0.2, 0) is 44.6 Å². The Balaban J connectivity index is 1.24. The summed E-state index contributed by atoms with van der Waals surface area (Å²) in [6, 6.07) is 9.46. The quantitative estimate of drug-likeness (QED) is 0.208. The van der Waals surface area contributed by atoms with Crippen LogP contribution in [0.15, 0.2) is 42.5 Å². The highest BCUT2D eigenvalue weighted by atomic mass is 16.6. The van der Waals surface area contributed by atoms with Gasteiger partial charge < -0.3 is 33.7 Å². The van der Waals surface area contributed by atoms with E-state index >= 15 is 0 Å². The van der Waals surface area contributed by atoms with Crippen LogP contribution in [0.2, 0.25) is 0 Å². The van der Waals surface area contributed by atoms with Gasteiger partial charge in [-0.15, -0.1) is 0 Å². The number of hydrogen-bond donors (Lipinski definition) is 1. The van der Waals surface area contributed by atoms with Gasteiger partial charge in [0.05, 0.1) is 72.6 Å². The van der Waals surface area contributed by atoms with E-state index in [4.69, 9.17) is 28.4 Å². The number of carbonyl (C=O) groups excluding carboxylic acids is 3. The average molecular weight is 495 g/mol. The van der Waals surface area contributed by atoms with Gasteiger partial charge in [-0.05, 0) is 5.56 Å². The lowest BCUT2D eigenvalue weighted by Crippen LogP contribution is -2.33. The molecule has 0 aliphatic carbocycles. The molecule has 0 bridgehead atoms. The van der Waals surface area contributed by atoms with Crippen LogP contribution in [-0.4, -0.2) is 102 Å². The van der Waals surface area contributed by atoms with Gasteiger partial charge in [0.1, 0.15) is 6.61 Å². The molecule has 0 saturated carbocycles. The fourth-order valence-corrected chi connectivity index (χ4v) is 2.79. The summed E-state index contributed by atoms with van der Waals surface area (Å²) in [5, 5.41) is 2.62. The van der Waals surface area contributed by atoms with Crippen molar-refractivity contribution in [3.05, 3.63) is 48.0 Å². The van der Waals surface area contributed by atoms with E-state index in [2.05, 4.69) is 5.32 Å². The van der Waals surface area contributed by atoms with Gasteiger partial charge in [0.2, 0.25) is 0 Å². The Hall–Kier alpha value is -2.83. The minimum Gasteiger partial charge on any atom is -0.445 e. The van der Waals surface area contributed by atoms with E-state index in [0.29, 0.717) is 66.0 Å². The highest BCUT2D eigenvalue weighted by Crippen LogP contribution is 2.02. The third-order valence-electron chi connectivity index (χ3n) is 4.58. The number of alkyl carbamates (subject to hydrolysis) is 1. The summed E-state index contributed by atoms with van der Waals surface area (Å²) >= 11 is 0. The van der Waals surface area contributed by atoms with E-state index in [1.54, 1.807) is 0 Å². The largest absolute Gasteiger partial charge is 0.445 e. The van der Waals surface area contributed by atoms with Crippen molar-refractivity contribution in [2.45, 2.75) is 6.61 Å². The van der Waals surface area contributed by atoms with Crippen LogP contribution in [0.25, 0.3) is 0 Å². The molecule has 0 aromatic heterocycles. The third-order valence-corrected chi connectivity index (χ3v) is 4.58. The number of rotatable bonds is 20. The summed E-state index contributed by atoms with van der Waals surface area (Å²) < 4.78 is 32.0. The van der Waals surface area contributed by atoms with Gasteiger partial charge in [0.25, 0.3) is 11.8 Å². The highest BCUT2D eigenvalue weighted by Gasteiger charge is 2.22. The van der Waals surface area contributed by atoms with Gasteiger partial charge in [-0.2, -0.15) is 0 Å². The van der Waals surface area contributed by atoms with Gasteiger partial charge >= 0.3 is 6.09 Å². The van der Waals surface area contributed by atoms with Crippen LogP contribution in [0.3, 0.4) is 0 Å². The number of ether oxygens (including phenoxy) is 6. The molecule has 1 N–H and O–H groups in total. The second kappa shape index (κ2) is 18.5. The Morgan fingerprint density at radius 1 is 0.686 bits per heavy atom. The van der Waals surface area contributed by atoms with Crippen molar-refractivity contribution < 1.29 is 42.8 Å². The molecule has 0 radical (unpaired) electrons. The van der Waals surface area contributed by atoms with E-state index in [1.165, 1.54) is 12.2 Å². The Bertz CT molecular complexity index is 756. The Kier molecular flexibility index (Phi) is 15.0. The van der Waals surface area contributed by atoms with Gasteiger partial charge in [-0.25, -0.2) is 4.79 Å². The molecular formula is C24H34N2O9. The topological polar surface area (TPSA) is 122 Å². The van der Waals surface area contributed by atoms with Crippen LogP contribution >= 0.6 is 0 Å². The molecule has 0 atom stereocenters. The normalized spacial score (nSPS) is 13.0. The van der Waals surface area contributed by atoms with Crippen molar-refractivity contribution in [2.24, 2.45) is 0 Å². The summed E-state index contributed by atoms with van der Waals surface area (Å²) in [7, 11) is 0. The number of nitrogens with one attached hydrogen (secondary N) is 1. The van der Waals surface area contributed by atoms with Gasteiger partial charge in [-0.3, -0.25) is 14.5 Å². The molecule has 11 nitrogen and oxygen atoms in total. The predicted octanol–water partition coefficient (Wildman–Crippen LogP) is 0.921. The standard InChI is InChI=1S/C24H34N2O9/c27-22-6-7-23(28)26(22)9-11-31-13-15-33-17-19-34-18-16-32-14-12-30-10-8-25-24(29)35-20-21-4-2-1-3-5-21/h1-7H,8-20H2,(H,25,29). The molecule has 2 rings (SSSR count). The Morgan fingerprint density at radius 2 is 1.17 bits per heavy atom. The zero-order chi connectivity index (χ0) is 25.0. The van der Waals surface area contributed by atoms with E-state index in [1.807, 2.05) is 30.3 Å². The second-order valence-electron chi connectivity index (χ2n) is 7.21. The highest BCUT2D eigenvalue weighted by molar-refractivity contribution is 6.12. The van der Waals surface area contributed by atoms with Crippen molar-refractivity contribution in [1.82, 2.24) is 10.2 Å². The van der Waals surface area contributed by atoms with Crippen molar-refractivity contribution >= 4 is 17.9 Å². The van der Waals surface area contributed by atoms with Crippen molar-refractivity contribution in [3.8, 4) is 0 Å². The summed E-state index contributed by atoms with van der Waals surface area (Å²) in [4.78, 5) is 35.4. The number of hydrogen-bond acceptors (Lipinski definition) is 9. The molecule has 35 heavy (non-hydrogen) atoms. The monoisotopic (exact) mass is 494 g/mol. The lowest BCUT2D eigenvalue weighted by Gasteiger charge is -2.13. The molecule has 0 fully saturated rings. The van der Waals surface area contributed by atoms with Crippen molar-refractivity contribution in [2.75, 3.05) is 79.2 Å². The maximum Gasteiger partial charge on any atom is 0.407 e. The lowest BCUT2D eigenvalue weighted by atomic mass is 10.2. The smallest absolute Gasteiger partial charge is 0.407 e. The average Bonchev–Trinajstić information content (AvgIpc) is 3.19.